The average molecular weight is 342 g/mol. The number of nitrogens with one attached hydrogen (secondary N) is 2. The van der Waals surface area contributed by atoms with Gasteiger partial charge >= 0.3 is 0 Å². The summed E-state index contributed by atoms with van der Waals surface area (Å²) in [5.74, 6) is 0. The fourth-order valence-corrected chi connectivity index (χ4v) is 3.12. The molecule has 0 radical (unpaired) electrons. The molecule has 11 heteroatoms. The van der Waals surface area contributed by atoms with Gasteiger partial charge in [0.05, 0.1) is 31.1 Å². The summed E-state index contributed by atoms with van der Waals surface area (Å²) in [5.41, 5.74) is 0.851. The molecule has 3 rings (SSSR count). The monoisotopic (exact) mass is 342 g/mol. The Balaban J connectivity index is 1.54. The van der Waals surface area contributed by atoms with Crippen molar-refractivity contribution in [1.29, 1.82) is 0 Å². The normalized spacial score (nSPS) is 28.0. The molecule has 10 nitrogen and oxygen atoms in total. The van der Waals surface area contributed by atoms with Gasteiger partial charge in [-0.05, 0) is 6.42 Å². The molecule has 23 heavy (non-hydrogen) atoms. The van der Waals surface area contributed by atoms with Crippen LogP contribution in [0.4, 0.5) is 5.13 Å². The lowest BCUT2D eigenvalue weighted by molar-refractivity contribution is -0.152. The van der Waals surface area contributed by atoms with Crippen molar-refractivity contribution in [3.63, 3.8) is 0 Å². The smallest absolute Gasteiger partial charge is 0.206 e. The third-order valence-corrected chi connectivity index (χ3v) is 4.56. The zero-order chi connectivity index (χ0) is 16.2. The molecule has 0 saturated carbocycles. The van der Waals surface area contributed by atoms with Crippen LogP contribution in [0.2, 0.25) is 0 Å². The molecular formula is C12H18N6O4S. The van der Waals surface area contributed by atoms with Crippen LogP contribution in [0.25, 0.3) is 0 Å². The molecule has 0 amide bonds. The number of rotatable bonds is 6. The van der Waals surface area contributed by atoms with Crippen LogP contribution < -0.4 is 5.32 Å². The van der Waals surface area contributed by atoms with Gasteiger partial charge in [0.2, 0.25) is 5.13 Å². The number of anilines is 1. The van der Waals surface area contributed by atoms with Crippen molar-refractivity contribution in [2.24, 2.45) is 0 Å². The molecule has 2 aromatic rings. The number of aliphatic hydroxyl groups is 3. The Labute approximate surface area is 135 Å². The maximum absolute atomic E-state index is 10.1. The number of aromatic amines is 1. The molecule has 2 aromatic heterocycles. The van der Waals surface area contributed by atoms with Crippen molar-refractivity contribution >= 4 is 16.5 Å². The summed E-state index contributed by atoms with van der Waals surface area (Å²) >= 11 is 1.37. The number of aryl methyl sites for hydroxylation is 2. The second-order valence-electron chi connectivity index (χ2n) is 5.25. The van der Waals surface area contributed by atoms with E-state index in [-0.39, 0.29) is 13.2 Å². The first kappa shape index (κ1) is 16.2. The fraction of sp³-hybridized carbons (Fsp3) is 0.667. The number of aliphatic hydroxyl groups excluding tert-OH is 3. The Morgan fingerprint density at radius 3 is 2.91 bits per heavy atom. The van der Waals surface area contributed by atoms with Crippen LogP contribution in [0.1, 0.15) is 10.7 Å². The van der Waals surface area contributed by atoms with Gasteiger partial charge in [0.25, 0.3) is 0 Å². The molecule has 126 valence electrons. The third kappa shape index (κ3) is 3.82. The van der Waals surface area contributed by atoms with Crippen molar-refractivity contribution in [2.45, 2.75) is 37.2 Å². The zero-order valence-corrected chi connectivity index (χ0v) is 13.0. The highest BCUT2D eigenvalue weighted by Gasteiger charge is 2.38. The first-order valence-electron chi connectivity index (χ1n) is 7.19. The molecule has 3 heterocycles. The van der Waals surface area contributed by atoms with Crippen molar-refractivity contribution in [3.05, 3.63) is 16.9 Å². The number of nitrogens with zero attached hydrogens (tertiary/aromatic N) is 4. The molecule has 1 fully saturated rings. The molecule has 0 unspecified atom stereocenters. The summed E-state index contributed by atoms with van der Waals surface area (Å²) in [6.45, 7) is -0.173. The van der Waals surface area contributed by atoms with E-state index in [2.05, 4.69) is 30.9 Å². The maximum atomic E-state index is 10.1. The fourth-order valence-electron chi connectivity index (χ4n) is 2.32. The molecule has 1 saturated heterocycles. The summed E-state index contributed by atoms with van der Waals surface area (Å²) < 4.78 is 5.31. The van der Waals surface area contributed by atoms with E-state index in [4.69, 9.17) is 9.84 Å². The summed E-state index contributed by atoms with van der Waals surface area (Å²) in [6.07, 6.45) is 0.0846. The molecule has 0 bridgehead atoms. The van der Waals surface area contributed by atoms with Gasteiger partial charge in [0, 0.05) is 6.42 Å². The minimum Gasteiger partial charge on any atom is -0.394 e. The molecule has 0 spiro atoms. The SMILES string of the molecule is OC[C@H]1OC[C@H](Nc2nnc(CCc3cn[nH]n3)s2)[C@@H](O)[C@H]1O. The van der Waals surface area contributed by atoms with E-state index in [0.717, 1.165) is 10.7 Å². The molecule has 5 N–H and O–H groups in total. The lowest BCUT2D eigenvalue weighted by Gasteiger charge is -2.36. The Hall–Kier alpha value is -1.66. The quantitative estimate of drug-likeness (QED) is 0.415. The summed E-state index contributed by atoms with van der Waals surface area (Å²) in [7, 11) is 0. The highest BCUT2D eigenvalue weighted by Crippen LogP contribution is 2.22. The second kappa shape index (κ2) is 7.27. The van der Waals surface area contributed by atoms with Crippen molar-refractivity contribution in [3.8, 4) is 0 Å². The van der Waals surface area contributed by atoms with Crippen molar-refractivity contribution in [2.75, 3.05) is 18.5 Å². The topological polar surface area (TPSA) is 149 Å². The Bertz CT molecular complexity index is 608. The summed E-state index contributed by atoms with van der Waals surface area (Å²) in [4.78, 5) is 0. The van der Waals surface area contributed by atoms with Gasteiger partial charge in [-0.25, -0.2) is 0 Å². The van der Waals surface area contributed by atoms with Crippen LogP contribution in [0.5, 0.6) is 0 Å². The third-order valence-electron chi connectivity index (χ3n) is 3.65. The standard InChI is InChI=1S/C12H18N6O4S/c19-4-8-11(21)10(20)7(5-22-8)14-12-17-16-9(23-12)2-1-6-3-13-18-15-6/h3,7-8,10-11,19-21H,1-2,4-5H2,(H,14,17)(H,13,15,18)/t7-,8+,10+,11-/m0/s1. The van der Waals surface area contributed by atoms with Crippen molar-refractivity contribution in [1.82, 2.24) is 25.6 Å². The Morgan fingerprint density at radius 1 is 1.30 bits per heavy atom. The maximum Gasteiger partial charge on any atom is 0.206 e. The van der Waals surface area contributed by atoms with Gasteiger partial charge < -0.3 is 25.4 Å². The van der Waals surface area contributed by atoms with Gasteiger partial charge in [0.15, 0.2) is 0 Å². The van der Waals surface area contributed by atoms with Gasteiger partial charge in [-0.15, -0.1) is 10.2 Å². The largest absolute Gasteiger partial charge is 0.394 e. The second-order valence-corrected chi connectivity index (χ2v) is 6.31. The van der Waals surface area contributed by atoms with Gasteiger partial charge in [-0.2, -0.15) is 15.4 Å². The predicted octanol–water partition coefficient (Wildman–Crippen LogP) is -1.67. The molecule has 4 atom stereocenters. The molecule has 0 aliphatic carbocycles. The number of H-pyrrole nitrogens is 1. The van der Waals surface area contributed by atoms with Gasteiger partial charge in [-0.3, -0.25) is 0 Å². The Morgan fingerprint density at radius 2 is 2.17 bits per heavy atom. The Kier molecular flexibility index (Phi) is 5.13. The summed E-state index contributed by atoms with van der Waals surface area (Å²) in [5, 5.41) is 51.7. The van der Waals surface area contributed by atoms with Crippen LogP contribution in [-0.2, 0) is 17.6 Å². The minimum absolute atomic E-state index is 0.164. The summed E-state index contributed by atoms with van der Waals surface area (Å²) in [6, 6.07) is -0.510. The van der Waals surface area contributed by atoms with Crippen LogP contribution in [0, 0.1) is 0 Å². The first-order valence-corrected chi connectivity index (χ1v) is 8.01. The highest BCUT2D eigenvalue weighted by atomic mass is 32.1. The number of hydrogen-bond acceptors (Lipinski definition) is 10. The lowest BCUT2D eigenvalue weighted by atomic mass is 9.99. The number of aromatic nitrogens is 5. The van der Waals surface area contributed by atoms with E-state index in [1.54, 1.807) is 6.20 Å². The molecule has 1 aliphatic rings. The highest BCUT2D eigenvalue weighted by molar-refractivity contribution is 7.15. The van der Waals surface area contributed by atoms with E-state index in [0.29, 0.717) is 18.0 Å². The molecular weight excluding hydrogens is 324 g/mol. The average Bonchev–Trinajstić information content (AvgIpc) is 3.22. The van der Waals surface area contributed by atoms with E-state index < -0.39 is 24.4 Å². The van der Waals surface area contributed by atoms with Crippen LogP contribution in [-0.4, -0.2) is 78.5 Å². The van der Waals surface area contributed by atoms with Gasteiger partial charge in [0.1, 0.15) is 23.3 Å². The van der Waals surface area contributed by atoms with E-state index >= 15 is 0 Å². The van der Waals surface area contributed by atoms with E-state index in [1.807, 2.05) is 0 Å². The van der Waals surface area contributed by atoms with Crippen LogP contribution in [0.15, 0.2) is 6.20 Å². The van der Waals surface area contributed by atoms with E-state index in [9.17, 15) is 10.2 Å². The zero-order valence-electron chi connectivity index (χ0n) is 12.2. The van der Waals surface area contributed by atoms with E-state index in [1.165, 1.54) is 11.3 Å². The van der Waals surface area contributed by atoms with Crippen LogP contribution in [0.3, 0.4) is 0 Å². The first-order chi connectivity index (χ1) is 11.2. The van der Waals surface area contributed by atoms with Crippen LogP contribution >= 0.6 is 11.3 Å². The molecule has 1 aliphatic heterocycles. The lowest BCUT2D eigenvalue weighted by Crippen LogP contribution is -2.56. The van der Waals surface area contributed by atoms with Gasteiger partial charge in [-0.1, -0.05) is 11.3 Å². The number of hydrogen-bond donors (Lipinski definition) is 5. The number of ether oxygens (including phenoxy) is 1. The van der Waals surface area contributed by atoms with Crippen molar-refractivity contribution < 1.29 is 20.1 Å². The minimum atomic E-state index is -1.15. The molecule has 0 aromatic carbocycles. The predicted molar refractivity (Wildman–Crippen MR) is 79.9 cm³/mol.